The summed E-state index contributed by atoms with van der Waals surface area (Å²) >= 11 is 0. The molecule has 0 aliphatic carbocycles. The standard InChI is InChI=1S/C13H12N2O3/c16-12-7-9-4-5-10(15(9)12)8-18-13(17)11-3-1-2-6-14-11/h1-3,5-6,9H,4,7-8H2/t9-/m1/s1. The minimum atomic E-state index is -0.465. The molecule has 1 aromatic rings. The first-order valence-electron chi connectivity index (χ1n) is 5.85. The van der Waals surface area contributed by atoms with Crippen molar-refractivity contribution in [2.45, 2.75) is 18.9 Å². The van der Waals surface area contributed by atoms with Crippen molar-refractivity contribution >= 4 is 11.9 Å². The highest BCUT2D eigenvalue weighted by atomic mass is 16.5. The van der Waals surface area contributed by atoms with Crippen molar-refractivity contribution in [3.8, 4) is 0 Å². The summed E-state index contributed by atoms with van der Waals surface area (Å²) in [5.74, 6) is -0.356. The van der Waals surface area contributed by atoms with E-state index in [1.54, 1.807) is 29.3 Å². The van der Waals surface area contributed by atoms with Crippen molar-refractivity contribution in [1.29, 1.82) is 0 Å². The van der Waals surface area contributed by atoms with Crippen LogP contribution in [-0.2, 0) is 9.53 Å². The minimum absolute atomic E-state index is 0.109. The number of ether oxygens (including phenoxy) is 1. The number of hydrogen-bond acceptors (Lipinski definition) is 4. The first-order chi connectivity index (χ1) is 8.75. The van der Waals surface area contributed by atoms with Crippen LogP contribution in [0.15, 0.2) is 36.2 Å². The Morgan fingerprint density at radius 1 is 1.50 bits per heavy atom. The van der Waals surface area contributed by atoms with E-state index in [4.69, 9.17) is 4.74 Å². The number of pyridine rings is 1. The van der Waals surface area contributed by atoms with Crippen molar-refractivity contribution in [3.05, 3.63) is 41.9 Å². The molecule has 1 atom stereocenters. The van der Waals surface area contributed by atoms with Crippen LogP contribution in [0.25, 0.3) is 0 Å². The number of fused-ring (bicyclic) bond motifs is 1. The van der Waals surface area contributed by atoms with Crippen LogP contribution in [0.3, 0.4) is 0 Å². The molecule has 1 amide bonds. The van der Waals surface area contributed by atoms with Gasteiger partial charge in [0.05, 0.1) is 5.70 Å². The van der Waals surface area contributed by atoms with E-state index in [0.29, 0.717) is 12.5 Å². The summed E-state index contributed by atoms with van der Waals surface area (Å²) in [6.07, 6.45) is 4.97. The Hall–Kier alpha value is -2.17. The van der Waals surface area contributed by atoms with Crippen LogP contribution in [-0.4, -0.2) is 34.4 Å². The maximum Gasteiger partial charge on any atom is 0.357 e. The van der Waals surface area contributed by atoms with Gasteiger partial charge in [-0.1, -0.05) is 12.1 Å². The smallest absolute Gasteiger partial charge is 0.357 e. The third kappa shape index (κ3) is 1.77. The monoisotopic (exact) mass is 244 g/mol. The summed E-state index contributed by atoms with van der Waals surface area (Å²) in [6, 6.07) is 5.36. The van der Waals surface area contributed by atoms with E-state index in [-0.39, 0.29) is 18.2 Å². The van der Waals surface area contributed by atoms with Gasteiger partial charge < -0.3 is 9.64 Å². The van der Waals surface area contributed by atoms with E-state index in [1.165, 1.54) is 0 Å². The largest absolute Gasteiger partial charge is 0.455 e. The van der Waals surface area contributed by atoms with Crippen LogP contribution in [0.1, 0.15) is 23.3 Å². The molecule has 5 nitrogen and oxygen atoms in total. The molecule has 0 aromatic carbocycles. The molecular formula is C13H12N2O3. The number of rotatable bonds is 3. The second-order valence-electron chi connectivity index (χ2n) is 4.34. The molecule has 1 aromatic heterocycles. The van der Waals surface area contributed by atoms with Gasteiger partial charge >= 0.3 is 5.97 Å². The number of aromatic nitrogens is 1. The van der Waals surface area contributed by atoms with E-state index >= 15 is 0 Å². The zero-order valence-corrected chi connectivity index (χ0v) is 9.70. The van der Waals surface area contributed by atoms with Crippen molar-refractivity contribution in [3.63, 3.8) is 0 Å². The molecule has 5 heteroatoms. The highest BCUT2D eigenvalue weighted by Crippen LogP contribution is 2.33. The second-order valence-corrected chi connectivity index (χ2v) is 4.34. The van der Waals surface area contributed by atoms with Crippen LogP contribution in [0.5, 0.6) is 0 Å². The molecular weight excluding hydrogens is 232 g/mol. The molecule has 92 valence electrons. The van der Waals surface area contributed by atoms with Crippen molar-refractivity contribution in [1.82, 2.24) is 9.88 Å². The Morgan fingerprint density at radius 3 is 3.11 bits per heavy atom. The van der Waals surface area contributed by atoms with E-state index in [0.717, 1.165) is 12.1 Å². The molecule has 0 N–H and O–H groups in total. The first-order valence-corrected chi connectivity index (χ1v) is 5.85. The average molecular weight is 244 g/mol. The highest BCUT2D eigenvalue weighted by Gasteiger charge is 2.41. The Morgan fingerprint density at radius 2 is 2.39 bits per heavy atom. The number of β-lactam (4-membered cyclic amide) rings is 1. The number of carbonyl (C=O) groups is 2. The van der Waals surface area contributed by atoms with Crippen molar-refractivity contribution < 1.29 is 14.3 Å². The molecule has 2 aliphatic rings. The van der Waals surface area contributed by atoms with Crippen LogP contribution >= 0.6 is 0 Å². The molecule has 18 heavy (non-hydrogen) atoms. The summed E-state index contributed by atoms with van der Waals surface area (Å²) in [6.45, 7) is 0.137. The lowest BCUT2D eigenvalue weighted by Gasteiger charge is -2.36. The highest BCUT2D eigenvalue weighted by molar-refractivity contribution is 5.88. The Kier molecular flexibility index (Phi) is 2.59. The third-order valence-electron chi connectivity index (χ3n) is 3.20. The lowest BCUT2D eigenvalue weighted by atomic mass is 10.0. The SMILES string of the molecule is O=C(OCC1=CC[C@@H]2CC(=O)N12)c1ccccn1. The molecule has 0 spiro atoms. The molecule has 3 rings (SSSR count). The van der Waals surface area contributed by atoms with E-state index in [1.807, 2.05) is 6.08 Å². The topological polar surface area (TPSA) is 59.5 Å². The first kappa shape index (κ1) is 11.0. The van der Waals surface area contributed by atoms with Gasteiger partial charge in [0, 0.05) is 18.7 Å². The zero-order chi connectivity index (χ0) is 12.5. The molecule has 3 heterocycles. The van der Waals surface area contributed by atoms with Gasteiger partial charge in [-0.2, -0.15) is 0 Å². The quantitative estimate of drug-likeness (QED) is 0.590. The fraction of sp³-hybridized carbons (Fsp3) is 0.308. The average Bonchev–Trinajstić information content (AvgIpc) is 2.73. The van der Waals surface area contributed by atoms with Crippen LogP contribution in [0, 0.1) is 0 Å². The minimum Gasteiger partial charge on any atom is -0.455 e. The van der Waals surface area contributed by atoms with Gasteiger partial charge in [0.2, 0.25) is 5.91 Å². The van der Waals surface area contributed by atoms with Gasteiger partial charge in [-0.25, -0.2) is 9.78 Å². The van der Waals surface area contributed by atoms with Gasteiger partial charge in [-0.15, -0.1) is 0 Å². The number of hydrogen-bond donors (Lipinski definition) is 0. The molecule has 1 saturated heterocycles. The molecule has 0 radical (unpaired) electrons. The van der Waals surface area contributed by atoms with Crippen molar-refractivity contribution in [2.24, 2.45) is 0 Å². The van der Waals surface area contributed by atoms with E-state index < -0.39 is 5.97 Å². The van der Waals surface area contributed by atoms with Gasteiger partial charge in [0.25, 0.3) is 0 Å². The van der Waals surface area contributed by atoms with Gasteiger partial charge in [-0.05, 0) is 18.6 Å². The normalized spacial score (nSPS) is 21.1. The Labute approximate surface area is 104 Å². The van der Waals surface area contributed by atoms with Gasteiger partial charge in [0.1, 0.15) is 12.3 Å². The molecule has 0 unspecified atom stereocenters. The molecule has 2 aliphatic heterocycles. The lowest BCUT2D eigenvalue weighted by molar-refractivity contribution is -0.141. The zero-order valence-electron chi connectivity index (χ0n) is 9.70. The van der Waals surface area contributed by atoms with Crippen LogP contribution in [0.2, 0.25) is 0 Å². The number of esters is 1. The Bertz CT molecular complexity index is 524. The van der Waals surface area contributed by atoms with E-state index in [9.17, 15) is 9.59 Å². The summed E-state index contributed by atoms with van der Waals surface area (Å²) in [5.41, 5.74) is 1.07. The summed E-state index contributed by atoms with van der Waals surface area (Å²) in [7, 11) is 0. The van der Waals surface area contributed by atoms with Gasteiger partial charge in [0.15, 0.2) is 0 Å². The molecule has 0 bridgehead atoms. The third-order valence-corrected chi connectivity index (χ3v) is 3.20. The fourth-order valence-corrected chi connectivity index (χ4v) is 2.26. The van der Waals surface area contributed by atoms with Crippen molar-refractivity contribution in [2.75, 3.05) is 6.61 Å². The predicted molar refractivity (Wildman–Crippen MR) is 62.5 cm³/mol. The fourth-order valence-electron chi connectivity index (χ4n) is 2.26. The summed E-state index contributed by atoms with van der Waals surface area (Å²) < 4.78 is 5.15. The number of amides is 1. The molecule has 0 saturated carbocycles. The van der Waals surface area contributed by atoms with E-state index in [2.05, 4.69) is 4.98 Å². The van der Waals surface area contributed by atoms with Crippen LogP contribution in [0.4, 0.5) is 0 Å². The number of nitrogens with zero attached hydrogens (tertiary/aromatic N) is 2. The summed E-state index contributed by atoms with van der Waals surface area (Å²) in [5, 5.41) is 0. The summed E-state index contributed by atoms with van der Waals surface area (Å²) in [4.78, 5) is 28.7. The van der Waals surface area contributed by atoms with Crippen LogP contribution < -0.4 is 0 Å². The number of carbonyl (C=O) groups excluding carboxylic acids is 2. The maximum absolute atomic E-state index is 11.7. The maximum atomic E-state index is 11.7. The predicted octanol–water partition coefficient (Wildman–Crippen LogP) is 1.13. The second kappa shape index (κ2) is 4.25. The Balaban J connectivity index is 1.59. The lowest BCUT2D eigenvalue weighted by Crippen LogP contribution is -2.49. The molecule has 1 fully saturated rings. The van der Waals surface area contributed by atoms with Gasteiger partial charge in [-0.3, -0.25) is 4.79 Å².